The van der Waals surface area contributed by atoms with Crippen LogP contribution in [0.3, 0.4) is 0 Å². The van der Waals surface area contributed by atoms with E-state index in [4.69, 9.17) is 15.2 Å². The summed E-state index contributed by atoms with van der Waals surface area (Å²) in [7, 11) is 0. The van der Waals surface area contributed by atoms with Gasteiger partial charge >= 0.3 is 0 Å². The molecule has 0 radical (unpaired) electrons. The number of hydrogen-bond donors (Lipinski definition) is 2. The number of halogens is 1. The average molecular weight is 249 g/mol. The van der Waals surface area contributed by atoms with E-state index >= 15 is 0 Å². The van der Waals surface area contributed by atoms with E-state index < -0.39 is 5.82 Å². The van der Waals surface area contributed by atoms with Crippen LogP contribution >= 0.6 is 0 Å². The molecule has 0 fully saturated rings. The van der Waals surface area contributed by atoms with Gasteiger partial charge in [-0.1, -0.05) is 0 Å². The van der Waals surface area contributed by atoms with Crippen molar-refractivity contribution in [3.8, 4) is 22.6 Å². The molecular formula is C12H12FN3O2. The first-order chi connectivity index (χ1) is 8.77. The van der Waals surface area contributed by atoms with Gasteiger partial charge in [-0.05, 0) is 12.1 Å². The number of rotatable bonds is 1. The van der Waals surface area contributed by atoms with Gasteiger partial charge in [-0.2, -0.15) is 5.10 Å². The Hall–Kier alpha value is -2.24. The van der Waals surface area contributed by atoms with Crippen molar-refractivity contribution in [3.63, 3.8) is 0 Å². The number of aromatic amines is 1. The van der Waals surface area contributed by atoms with Gasteiger partial charge < -0.3 is 15.2 Å². The molecule has 1 aromatic heterocycles. The van der Waals surface area contributed by atoms with Gasteiger partial charge in [0.25, 0.3) is 0 Å². The van der Waals surface area contributed by atoms with Gasteiger partial charge in [-0.25, -0.2) is 4.39 Å². The lowest BCUT2D eigenvalue weighted by Gasteiger charge is -2.12. The molecule has 94 valence electrons. The third-order valence-corrected chi connectivity index (χ3v) is 2.80. The zero-order valence-electron chi connectivity index (χ0n) is 9.57. The number of ether oxygens (including phenoxy) is 2. The van der Waals surface area contributed by atoms with E-state index in [2.05, 4.69) is 10.2 Å². The molecule has 3 N–H and O–H groups in total. The largest absolute Gasteiger partial charge is 0.490 e. The van der Waals surface area contributed by atoms with E-state index in [0.717, 1.165) is 6.42 Å². The van der Waals surface area contributed by atoms with Gasteiger partial charge in [0, 0.05) is 6.42 Å². The lowest BCUT2D eigenvalue weighted by Crippen LogP contribution is -1.99. The average Bonchev–Trinajstić information content (AvgIpc) is 2.64. The highest BCUT2D eigenvalue weighted by molar-refractivity contribution is 5.80. The van der Waals surface area contributed by atoms with Crippen LogP contribution in [-0.2, 0) is 0 Å². The van der Waals surface area contributed by atoms with Crippen molar-refractivity contribution >= 4 is 5.82 Å². The summed E-state index contributed by atoms with van der Waals surface area (Å²) in [5.41, 5.74) is 6.51. The molecule has 1 aromatic carbocycles. The highest BCUT2D eigenvalue weighted by atomic mass is 19.1. The molecule has 0 bridgehead atoms. The minimum absolute atomic E-state index is 0.292. The Morgan fingerprint density at radius 1 is 1.28 bits per heavy atom. The fourth-order valence-corrected chi connectivity index (χ4v) is 1.96. The van der Waals surface area contributed by atoms with Crippen molar-refractivity contribution in [3.05, 3.63) is 24.1 Å². The number of nitrogen functional groups attached to an aromatic ring is 1. The fraction of sp³-hybridized carbons (Fsp3) is 0.250. The molecular weight excluding hydrogens is 237 g/mol. The minimum atomic E-state index is -0.410. The molecule has 3 rings (SSSR count). The van der Waals surface area contributed by atoms with Crippen LogP contribution in [-0.4, -0.2) is 23.4 Å². The molecule has 0 saturated heterocycles. The Kier molecular flexibility index (Phi) is 2.55. The maximum Gasteiger partial charge on any atom is 0.172 e. The molecule has 1 aliphatic heterocycles. The number of hydrogen-bond acceptors (Lipinski definition) is 4. The molecule has 2 heterocycles. The predicted molar refractivity (Wildman–Crippen MR) is 64.0 cm³/mol. The smallest absolute Gasteiger partial charge is 0.172 e. The quantitative estimate of drug-likeness (QED) is 0.810. The monoisotopic (exact) mass is 249 g/mol. The molecule has 6 heteroatoms. The Morgan fingerprint density at radius 2 is 2.11 bits per heavy atom. The van der Waals surface area contributed by atoms with E-state index in [9.17, 15) is 4.39 Å². The summed E-state index contributed by atoms with van der Waals surface area (Å²) in [6, 6.07) is 2.91. The number of nitrogens with two attached hydrogens (primary N) is 1. The number of H-pyrrole nitrogens is 1. The summed E-state index contributed by atoms with van der Waals surface area (Å²) < 4.78 is 25.1. The Balaban J connectivity index is 2.22. The number of nitrogens with one attached hydrogen (secondary N) is 1. The van der Waals surface area contributed by atoms with Gasteiger partial charge in [0.15, 0.2) is 11.5 Å². The highest BCUT2D eigenvalue weighted by Gasteiger charge is 2.22. The van der Waals surface area contributed by atoms with Crippen LogP contribution in [0.1, 0.15) is 6.42 Å². The SMILES string of the molecule is Nc1[nH]ncc1-c1c(F)ccc2c1OCCCO2. The molecule has 0 spiro atoms. The molecule has 0 saturated carbocycles. The molecule has 1 aliphatic rings. The number of nitrogens with zero attached hydrogens (tertiary/aromatic N) is 1. The maximum absolute atomic E-state index is 14.0. The number of fused-ring (bicyclic) bond motifs is 1. The lowest BCUT2D eigenvalue weighted by molar-refractivity contribution is 0.297. The van der Waals surface area contributed by atoms with Crippen LogP contribution in [0.2, 0.25) is 0 Å². The topological polar surface area (TPSA) is 73.2 Å². The second-order valence-electron chi connectivity index (χ2n) is 4.00. The second-order valence-corrected chi connectivity index (χ2v) is 4.00. The van der Waals surface area contributed by atoms with Crippen LogP contribution in [0.15, 0.2) is 18.3 Å². The molecule has 0 unspecified atom stereocenters. The molecule has 0 aliphatic carbocycles. The number of aromatic nitrogens is 2. The normalized spacial score (nSPS) is 14.3. The van der Waals surface area contributed by atoms with Crippen molar-refractivity contribution in [2.75, 3.05) is 18.9 Å². The molecule has 18 heavy (non-hydrogen) atoms. The first-order valence-electron chi connectivity index (χ1n) is 5.64. The van der Waals surface area contributed by atoms with Crippen molar-refractivity contribution < 1.29 is 13.9 Å². The summed E-state index contributed by atoms with van der Waals surface area (Å²) in [6.45, 7) is 1.04. The van der Waals surface area contributed by atoms with Crippen LogP contribution in [0.4, 0.5) is 10.2 Å². The molecule has 5 nitrogen and oxygen atoms in total. The Labute approximate surface area is 103 Å². The summed E-state index contributed by atoms with van der Waals surface area (Å²) in [5.74, 6) is 0.813. The van der Waals surface area contributed by atoms with Crippen molar-refractivity contribution in [1.82, 2.24) is 10.2 Å². The van der Waals surface area contributed by atoms with Crippen molar-refractivity contribution in [2.45, 2.75) is 6.42 Å². The van der Waals surface area contributed by atoms with Crippen molar-refractivity contribution in [1.29, 1.82) is 0 Å². The minimum Gasteiger partial charge on any atom is -0.490 e. The highest BCUT2D eigenvalue weighted by Crippen LogP contribution is 2.42. The third kappa shape index (κ3) is 1.66. The zero-order valence-corrected chi connectivity index (χ0v) is 9.57. The summed E-state index contributed by atoms with van der Waals surface area (Å²) in [5, 5.41) is 6.38. The fourth-order valence-electron chi connectivity index (χ4n) is 1.96. The van der Waals surface area contributed by atoms with Gasteiger partial charge in [-0.15, -0.1) is 0 Å². The Morgan fingerprint density at radius 3 is 2.89 bits per heavy atom. The zero-order chi connectivity index (χ0) is 12.5. The first kappa shape index (κ1) is 10.9. The van der Waals surface area contributed by atoms with E-state index in [-0.39, 0.29) is 0 Å². The van der Waals surface area contributed by atoms with Gasteiger partial charge in [0.05, 0.1) is 30.5 Å². The van der Waals surface area contributed by atoms with E-state index in [1.807, 2.05) is 0 Å². The van der Waals surface area contributed by atoms with Crippen LogP contribution in [0.5, 0.6) is 11.5 Å². The van der Waals surface area contributed by atoms with Gasteiger partial charge in [-0.3, -0.25) is 5.10 Å². The van der Waals surface area contributed by atoms with Crippen LogP contribution in [0.25, 0.3) is 11.1 Å². The number of benzene rings is 1. The summed E-state index contributed by atoms with van der Waals surface area (Å²) >= 11 is 0. The predicted octanol–water partition coefficient (Wildman–Crippen LogP) is 1.96. The first-order valence-corrected chi connectivity index (χ1v) is 5.64. The molecule has 0 amide bonds. The molecule has 0 atom stereocenters. The standard InChI is InChI=1S/C12H12FN3O2/c13-8-2-3-9-11(18-5-1-4-17-9)10(8)7-6-15-16-12(7)14/h2-3,6H,1,4-5H2,(H3,14,15,16). The summed E-state index contributed by atoms with van der Waals surface area (Å²) in [4.78, 5) is 0. The van der Waals surface area contributed by atoms with E-state index in [1.54, 1.807) is 6.07 Å². The third-order valence-electron chi connectivity index (χ3n) is 2.80. The Bertz CT molecular complexity index is 583. The van der Waals surface area contributed by atoms with Crippen LogP contribution in [0, 0.1) is 5.82 Å². The van der Waals surface area contributed by atoms with E-state index in [1.165, 1.54) is 12.3 Å². The van der Waals surface area contributed by atoms with Gasteiger partial charge in [0.2, 0.25) is 0 Å². The van der Waals surface area contributed by atoms with Crippen molar-refractivity contribution in [2.24, 2.45) is 0 Å². The van der Waals surface area contributed by atoms with Gasteiger partial charge in [0.1, 0.15) is 11.6 Å². The lowest BCUT2D eigenvalue weighted by atomic mass is 10.1. The maximum atomic E-state index is 14.0. The van der Waals surface area contributed by atoms with E-state index in [0.29, 0.717) is 41.7 Å². The molecule has 2 aromatic rings. The second kappa shape index (κ2) is 4.21. The van der Waals surface area contributed by atoms with Crippen LogP contribution < -0.4 is 15.2 Å². The number of anilines is 1. The summed E-state index contributed by atoms with van der Waals surface area (Å²) in [6.07, 6.45) is 2.24.